The zero-order valence-corrected chi connectivity index (χ0v) is 30.8. The van der Waals surface area contributed by atoms with Gasteiger partial charge in [0.15, 0.2) is 0 Å². The van der Waals surface area contributed by atoms with E-state index in [0.29, 0.717) is 0 Å². The third kappa shape index (κ3) is 52.7. The van der Waals surface area contributed by atoms with Gasteiger partial charge in [-0.25, -0.2) is 0 Å². The van der Waals surface area contributed by atoms with Crippen LogP contribution in [0.1, 0.15) is 219 Å². The number of carbonyl (C=O) groups is 2. The van der Waals surface area contributed by atoms with Gasteiger partial charge < -0.3 is 19.8 Å². The summed E-state index contributed by atoms with van der Waals surface area (Å²) in [4.78, 5) is 20.5. The first-order chi connectivity index (χ1) is 21.5. The second kappa shape index (κ2) is 45.1. The predicted molar refractivity (Wildman–Crippen MR) is 187 cm³/mol. The Hall–Kier alpha value is -1.06. The number of hydrogen-bond donors (Lipinski definition) is 0. The maximum absolute atomic E-state index is 10.2. The zero-order chi connectivity index (χ0) is 32.6. The Balaban J connectivity index is -0.000000767. The molecule has 0 amide bonds. The summed E-state index contributed by atoms with van der Waals surface area (Å²) in [6, 6.07) is 0. The van der Waals surface area contributed by atoms with E-state index in [1.165, 1.54) is 154 Å². The minimum atomic E-state index is -0.913. The molecule has 269 valence electrons. The fraction of sp³-hybridized carbons (Fsp3) is 0.850. The van der Waals surface area contributed by atoms with Gasteiger partial charge in [0.05, 0.1) is 0 Å². The first-order valence-electron chi connectivity index (χ1n) is 19.2. The first kappa shape index (κ1) is 48.3. The van der Waals surface area contributed by atoms with Gasteiger partial charge in [0, 0.05) is 11.9 Å². The van der Waals surface area contributed by atoms with Crippen molar-refractivity contribution < 1.29 is 36.9 Å². The molecule has 0 bridgehead atoms. The molecule has 0 aromatic rings. The summed E-state index contributed by atoms with van der Waals surface area (Å²) in [6.45, 7) is 4.53. The first-order valence-corrected chi connectivity index (χ1v) is 19.2. The number of carboxylic acid groups (broad SMARTS) is 2. The Labute approximate surface area is 291 Å². The number of allylic oxidation sites excluding steroid dienone is 4. The quantitative estimate of drug-likeness (QED) is 0.0384. The molecule has 0 N–H and O–H groups in total. The van der Waals surface area contributed by atoms with Gasteiger partial charge in [0.1, 0.15) is 0 Å². The minimum Gasteiger partial charge on any atom is -0.550 e. The molecule has 0 aliphatic rings. The normalized spacial score (nSPS) is 11.1. The van der Waals surface area contributed by atoms with Crippen molar-refractivity contribution in [2.45, 2.75) is 219 Å². The van der Waals surface area contributed by atoms with Crippen LogP contribution in [-0.2, 0) is 26.7 Å². The van der Waals surface area contributed by atoms with Crippen molar-refractivity contribution >= 4 is 11.9 Å². The minimum absolute atomic E-state index is 0. The maximum atomic E-state index is 10.2. The average molecular weight is 683 g/mol. The second-order valence-corrected chi connectivity index (χ2v) is 12.8. The molecule has 0 heterocycles. The Bertz CT molecular complexity index is 578. The number of unbranched alkanes of at least 4 members (excludes halogenated alkanes) is 26. The number of rotatable bonds is 34. The third-order valence-corrected chi connectivity index (χ3v) is 8.29. The molecule has 0 fully saturated rings. The van der Waals surface area contributed by atoms with Gasteiger partial charge in [0.2, 0.25) is 0 Å². The molecule has 0 spiro atoms. The second-order valence-electron chi connectivity index (χ2n) is 12.8. The van der Waals surface area contributed by atoms with Gasteiger partial charge in [-0.2, -0.15) is 0 Å². The molecule has 0 aromatic heterocycles. The number of carbonyl (C=O) groups excluding carboxylic acids is 2. The van der Waals surface area contributed by atoms with Crippen molar-refractivity contribution in [3.63, 3.8) is 0 Å². The largest absolute Gasteiger partial charge is 2.00 e. The van der Waals surface area contributed by atoms with Crippen LogP contribution in [0.2, 0.25) is 0 Å². The van der Waals surface area contributed by atoms with Crippen LogP contribution in [0.4, 0.5) is 0 Å². The van der Waals surface area contributed by atoms with Crippen molar-refractivity contribution in [3.05, 3.63) is 24.3 Å². The topological polar surface area (TPSA) is 80.3 Å². The third-order valence-electron chi connectivity index (χ3n) is 8.29. The molecule has 0 saturated carbocycles. The molecular weight excluding hydrogens is 608 g/mol. The van der Waals surface area contributed by atoms with Gasteiger partial charge in [-0.05, 0) is 77.0 Å². The van der Waals surface area contributed by atoms with E-state index in [1.54, 1.807) is 0 Å². The van der Waals surface area contributed by atoms with Gasteiger partial charge in [-0.1, -0.05) is 167 Å². The molecule has 0 rings (SSSR count). The standard InChI is InChI=1S/2C20H38O2.Cu/c2*1-2-3-4-5-6-7-8-9-10-11-12-13-14-15-16-17-18-19-20(21)22;/h2*11-12H,2-10,13-19H2,1H3,(H,21,22);/q;;+2/p-2/b2*12-11-;. The van der Waals surface area contributed by atoms with Gasteiger partial charge in [-0.3, -0.25) is 0 Å². The van der Waals surface area contributed by atoms with Crippen LogP contribution in [0.3, 0.4) is 0 Å². The fourth-order valence-corrected chi connectivity index (χ4v) is 5.39. The number of aliphatic carboxylic acids is 2. The number of carboxylic acids is 2. The zero-order valence-electron chi connectivity index (χ0n) is 29.9. The maximum Gasteiger partial charge on any atom is 2.00 e. The van der Waals surface area contributed by atoms with E-state index in [4.69, 9.17) is 0 Å². The summed E-state index contributed by atoms with van der Waals surface area (Å²) in [5.74, 6) is -1.83. The van der Waals surface area contributed by atoms with E-state index < -0.39 is 11.9 Å². The number of hydrogen-bond acceptors (Lipinski definition) is 4. The van der Waals surface area contributed by atoms with E-state index in [2.05, 4.69) is 38.2 Å². The Kier molecular flexibility index (Phi) is 48.4. The van der Waals surface area contributed by atoms with E-state index in [0.717, 1.165) is 38.5 Å². The predicted octanol–water partition coefficient (Wildman–Crippen LogP) is 11.1. The average Bonchev–Trinajstić information content (AvgIpc) is 3.00. The van der Waals surface area contributed by atoms with E-state index in [-0.39, 0.29) is 29.9 Å². The SMILES string of the molecule is CCCCCCCCCC/C=C\CCCCCCCC(=O)[O-].CCCCCCCCCC/C=C\CCCCCCCC(=O)[O-].[Cu+2]. The van der Waals surface area contributed by atoms with Crippen LogP contribution in [-0.4, -0.2) is 11.9 Å². The molecule has 5 heteroatoms. The van der Waals surface area contributed by atoms with Crippen molar-refractivity contribution in [1.29, 1.82) is 0 Å². The van der Waals surface area contributed by atoms with Crippen LogP contribution in [0.25, 0.3) is 0 Å². The molecule has 45 heavy (non-hydrogen) atoms. The Morgan fingerprint density at radius 1 is 0.356 bits per heavy atom. The van der Waals surface area contributed by atoms with Crippen molar-refractivity contribution in [3.8, 4) is 0 Å². The van der Waals surface area contributed by atoms with Crippen LogP contribution < -0.4 is 10.2 Å². The Morgan fingerprint density at radius 3 is 0.778 bits per heavy atom. The fourth-order valence-electron chi connectivity index (χ4n) is 5.39. The molecular formula is C40H74CuO4. The smallest absolute Gasteiger partial charge is 0.550 e. The van der Waals surface area contributed by atoms with Crippen molar-refractivity contribution in [2.24, 2.45) is 0 Å². The van der Waals surface area contributed by atoms with Crippen LogP contribution in [0.15, 0.2) is 24.3 Å². The molecule has 0 saturated heterocycles. The van der Waals surface area contributed by atoms with Gasteiger partial charge in [-0.15, -0.1) is 0 Å². The summed E-state index contributed by atoms with van der Waals surface area (Å²) >= 11 is 0. The summed E-state index contributed by atoms with van der Waals surface area (Å²) in [7, 11) is 0. The molecule has 0 aliphatic heterocycles. The van der Waals surface area contributed by atoms with Crippen LogP contribution in [0, 0.1) is 0 Å². The molecule has 4 nitrogen and oxygen atoms in total. The molecule has 0 unspecified atom stereocenters. The summed E-state index contributed by atoms with van der Waals surface area (Å²) in [5, 5.41) is 20.5. The van der Waals surface area contributed by atoms with E-state index in [1.807, 2.05) is 0 Å². The molecule has 0 atom stereocenters. The Morgan fingerprint density at radius 2 is 0.556 bits per heavy atom. The van der Waals surface area contributed by atoms with Crippen molar-refractivity contribution in [2.75, 3.05) is 0 Å². The van der Waals surface area contributed by atoms with Crippen LogP contribution in [0.5, 0.6) is 0 Å². The molecule has 1 radical (unpaired) electrons. The van der Waals surface area contributed by atoms with E-state index >= 15 is 0 Å². The van der Waals surface area contributed by atoms with Crippen LogP contribution >= 0.6 is 0 Å². The van der Waals surface area contributed by atoms with Gasteiger partial charge in [0.25, 0.3) is 0 Å². The van der Waals surface area contributed by atoms with Crippen molar-refractivity contribution in [1.82, 2.24) is 0 Å². The summed E-state index contributed by atoms with van der Waals surface area (Å²) < 4.78 is 0. The summed E-state index contributed by atoms with van der Waals surface area (Å²) in [6.07, 6.45) is 47.7. The molecule has 0 aromatic carbocycles. The van der Waals surface area contributed by atoms with E-state index in [9.17, 15) is 19.8 Å². The monoisotopic (exact) mass is 681 g/mol. The van der Waals surface area contributed by atoms with Gasteiger partial charge >= 0.3 is 17.1 Å². The molecule has 0 aliphatic carbocycles. The summed E-state index contributed by atoms with van der Waals surface area (Å²) in [5.41, 5.74) is 0.